The number of nitrogens with zero attached hydrogens (tertiary/aromatic N) is 1. The van der Waals surface area contributed by atoms with Gasteiger partial charge in [-0.25, -0.2) is 4.98 Å². The highest BCUT2D eigenvalue weighted by Gasteiger charge is 2.22. The Balaban J connectivity index is 1.45. The van der Waals surface area contributed by atoms with Gasteiger partial charge in [-0.15, -0.1) is 0 Å². The van der Waals surface area contributed by atoms with Gasteiger partial charge >= 0.3 is 0 Å². The Hall–Kier alpha value is -4.43. The van der Waals surface area contributed by atoms with E-state index in [9.17, 15) is 0 Å². The Bertz CT molecular complexity index is 1750. The predicted molar refractivity (Wildman–Crippen MR) is 137 cm³/mol. The number of aromatic nitrogens is 1. The van der Waals surface area contributed by atoms with Gasteiger partial charge in [-0.05, 0) is 40.1 Å². The molecule has 0 bridgehead atoms. The third-order valence-electron chi connectivity index (χ3n) is 6.47. The number of hydrogen-bond acceptors (Lipinski definition) is 2. The van der Waals surface area contributed by atoms with E-state index in [1.54, 1.807) is 0 Å². The second-order valence-electron chi connectivity index (χ2n) is 8.38. The molecule has 0 aromatic heterocycles. The van der Waals surface area contributed by atoms with Crippen LogP contribution >= 0.6 is 0 Å². The molecule has 33 heavy (non-hydrogen) atoms. The second kappa shape index (κ2) is 7.04. The summed E-state index contributed by atoms with van der Waals surface area (Å²) >= 11 is 0. The summed E-state index contributed by atoms with van der Waals surface area (Å²) < 4.78 is 6.50. The number of benzene rings is 5. The van der Waals surface area contributed by atoms with Crippen LogP contribution in [0, 0.1) is 0 Å². The van der Waals surface area contributed by atoms with Gasteiger partial charge in [0.1, 0.15) is 11.3 Å². The monoisotopic (exact) mass is 421 g/mol. The normalized spacial score (nSPS) is 11.6. The standard InChI is InChI=1S/C31H19NO/c1-2-10-23-20(8-1)9-7-13-24(23)21-16-18-22(19-17-21)31-29-25-11-3-5-14-27(25)32-30(29)26-12-4-6-15-28(26)33-31/h1-19H. The van der Waals surface area contributed by atoms with Crippen molar-refractivity contribution in [3.63, 3.8) is 0 Å². The van der Waals surface area contributed by atoms with E-state index in [2.05, 4.69) is 91.0 Å². The van der Waals surface area contributed by atoms with E-state index in [0.29, 0.717) is 0 Å². The van der Waals surface area contributed by atoms with Crippen molar-refractivity contribution in [3.8, 4) is 33.7 Å². The fraction of sp³-hybridized carbons (Fsp3) is 0. The Morgan fingerprint density at radius 3 is 2.06 bits per heavy atom. The Morgan fingerprint density at radius 1 is 0.515 bits per heavy atom. The zero-order chi connectivity index (χ0) is 21.8. The first-order valence-corrected chi connectivity index (χ1v) is 11.2. The van der Waals surface area contributed by atoms with Gasteiger partial charge < -0.3 is 4.42 Å². The van der Waals surface area contributed by atoms with Crippen molar-refractivity contribution >= 4 is 32.6 Å². The van der Waals surface area contributed by atoms with E-state index >= 15 is 0 Å². The minimum Gasteiger partial charge on any atom is -0.455 e. The van der Waals surface area contributed by atoms with Gasteiger partial charge in [-0.1, -0.05) is 97.1 Å². The van der Waals surface area contributed by atoms with Crippen LogP contribution in [0.1, 0.15) is 0 Å². The van der Waals surface area contributed by atoms with Crippen molar-refractivity contribution < 1.29 is 4.42 Å². The number of rotatable bonds is 2. The molecule has 5 aromatic carbocycles. The molecule has 154 valence electrons. The van der Waals surface area contributed by atoms with Crippen LogP contribution in [0.2, 0.25) is 0 Å². The highest BCUT2D eigenvalue weighted by atomic mass is 16.3. The van der Waals surface area contributed by atoms with Crippen LogP contribution in [0.25, 0.3) is 66.4 Å². The molecular formula is C31H19NO. The molecule has 0 N–H and O–H groups in total. The first-order valence-electron chi connectivity index (χ1n) is 11.2. The van der Waals surface area contributed by atoms with Crippen molar-refractivity contribution in [2.24, 2.45) is 0 Å². The van der Waals surface area contributed by atoms with E-state index in [1.165, 1.54) is 21.9 Å². The van der Waals surface area contributed by atoms with Crippen molar-refractivity contribution in [2.45, 2.75) is 0 Å². The summed E-state index contributed by atoms with van der Waals surface area (Å²) in [7, 11) is 0. The fourth-order valence-corrected chi connectivity index (χ4v) is 4.91. The van der Waals surface area contributed by atoms with Gasteiger partial charge in [0.15, 0.2) is 0 Å². The molecular weight excluding hydrogens is 402 g/mol. The lowest BCUT2D eigenvalue weighted by molar-refractivity contribution is 0.622. The van der Waals surface area contributed by atoms with E-state index in [1.807, 2.05) is 24.3 Å². The third-order valence-corrected chi connectivity index (χ3v) is 6.47. The highest BCUT2D eigenvalue weighted by Crippen LogP contribution is 2.44. The molecule has 2 aliphatic heterocycles. The van der Waals surface area contributed by atoms with Crippen LogP contribution in [0.5, 0.6) is 0 Å². The summed E-state index contributed by atoms with van der Waals surface area (Å²) in [5.74, 6) is 0.863. The van der Waals surface area contributed by atoms with Crippen molar-refractivity contribution in [1.82, 2.24) is 4.98 Å². The molecule has 0 spiro atoms. The molecule has 0 saturated carbocycles. The molecule has 0 aliphatic carbocycles. The lowest BCUT2D eigenvalue weighted by Gasteiger charge is -2.12. The Kier molecular flexibility index (Phi) is 3.88. The topological polar surface area (TPSA) is 26.0 Å². The van der Waals surface area contributed by atoms with Gasteiger partial charge in [0.2, 0.25) is 0 Å². The lowest BCUT2D eigenvalue weighted by Crippen LogP contribution is -1.89. The summed E-state index contributed by atoms with van der Waals surface area (Å²) in [5, 5.41) is 4.67. The van der Waals surface area contributed by atoms with Crippen LogP contribution in [-0.4, -0.2) is 4.98 Å². The van der Waals surface area contributed by atoms with Crippen molar-refractivity contribution in [2.75, 3.05) is 0 Å². The first-order chi connectivity index (χ1) is 16.4. The lowest BCUT2D eigenvalue weighted by atomic mass is 9.95. The highest BCUT2D eigenvalue weighted by molar-refractivity contribution is 6.10. The first kappa shape index (κ1) is 18.2. The molecule has 0 saturated heterocycles. The zero-order valence-electron chi connectivity index (χ0n) is 17.8. The van der Waals surface area contributed by atoms with E-state index in [0.717, 1.165) is 44.5 Å². The molecule has 0 radical (unpaired) electrons. The van der Waals surface area contributed by atoms with E-state index < -0.39 is 0 Å². The van der Waals surface area contributed by atoms with Crippen LogP contribution in [0.4, 0.5) is 0 Å². The SMILES string of the molecule is c1ccc2c(-c3ccc(-c4oc5ccccc5c5nc6ccccc6c4-5)cc3)cccc2c1. The van der Waals surface area contributed by atoms with E-state index in [-0.39, 0.29) is 0 Å². The van der Waals surface area contributed by atoms with Crippen LogP contribution in [0.15, 0.2) is 120 Å². The molecule has 0 atom stereocenters. The zero-order valence-corrected chi connectivity index (χ0v) is 17.8. The van der Waals surface area contributed by atoms with Gasteiger partial charge in [-0.2, -0.15) is 0 Å². The summed E-state index contributed by atoms with van der Waals surface area (Å²) in [6.07, 6.45) is 0. The van der Waals surface area contributed by atoms with Crippen molar-refractivity contribution in [1.29, 1.82) is 0 Å². The Morgan fingerprint density at radius 2 is 1.18 bits per heavy atom. The maximum absolute atomic E-state index is 6.50. The molecule has 2 aliphatic rings. The minimum atomic E-state index is 0.848. The fourth-order valence-electron chi connectivity index (χ4n) is 4.91. The maximum atomic E-state index is 6.50. The largest absolute Gasteiger partial charge is 0.455 e. The number of hydrogen-bond donors (Lipinski definition) is 0. The minimum absolute atomic E-state index is 0.848. The second-order valence-corrected chi connectivity index (χ2v) is 8.38. The van der Waals surface area contributed by atoms with Crippen LogP contribution in [-0.2, 0) is 0 Å². The summed E-state index contributed by atoms with van der Waals surface area (Å²) in [5.41, 5.74) is 7.38. The third kappa shape index (κ3) is 2.78. The van der Waals surface area contributed by atoms with Gasteiger partial charge in [-0.3, -0.25) is 0 Å². The molecule has 2 heteroatoms. The summed E-state index contributed by atoms with van der Waals surface area (Å²) in [4.78, 5) is 4.97. The Labute approximate surface area is 191 Å². The summed E-state index contributed by atoms with van der Waals surface area (Å²) in [6.45, 7) is 0. The molecule has 0 unspecified atom stereocenters. The predicted octanol–water partition coefficient (Wildman–Crippen LogP) is 8.57. The van der Waals surface area contributed by atoms with E-state index in [4.69, 9.17) is 9.40 Å². The number of fused-ring (bicyclic) bond motifs is 6. The molecule has 5 aromatic rings. The number of para-hydroxylation sites is 2. The van der Waals surface area contributed by atoms with Gasteiger partial charge in [0.05, 0.1) is 16.8 Å². The maximum Gasteiger partial charge on any atom is 0.144 e. The molecule has 2 nitrogen and oxygen atoms in total. The quantitative estimate of drug-likeness (QED) is 0.279. The van der Waals surface area contributed by atoms with Crippen molar-refractivity contribution in [3.05, 3.63) is 115 Å². The molecule has 7 rings (SSSR count). The van der Waals surface area contributed by atoms with Crippen LogP contribution in [0.3, 0.4) is 0 Å². The van der Waals surface area contributed by atoms with Gasteiger partial charge in [0, 0.05) is 16.3 Å². The average Bonchev–Trinajstić information content (AvgIpc) is 3.28. The molecule has 0 amide bonds. The summed E-state index contributed by atoms with van der Waals surface area (Å²) in [6, 6.07) is 40.1. The molecule has 2 heterocycles. The van der Waals surface area contributed by atoms with Gasteiger partial charge in [0.25, 0.3) is 0 Å². The average molecular weight is 421 g/mol. The molecule has 0 fully saturated rings. The van der Waals surface area contributed by atoms with Crippen LogP contribution < -0.4 is 0 Å². The smallest absolute Gasteiger partial charge is 0.144 e.